The van der Waals surface area contributed by atoms with E-state index < -0.39 is 10.0 Å². The summed E-state index contributed by atoms with van der Waals surface area (Å²) in [4.78, 5) is 0. The molecule has 31 heavy (non-hydrogen) atoms. The SMILES string of the molecule is CC(C1CC1)S(=O)(=O)NCCCc1ccc2c(c1)C(Cc1cccc(F)c1)C(N)CC2. The molecule has 2 aliphatic carbocycles. The standard InChI is InChI=1S/C25H33FN2O2S/c1-17(20-9-10-20)31(29,30)28-13-3-5-18-7-8-21-11-12-25(27)24(23(21)15-18)16-19-4-2-6-22(26)14-19/h2,4,6-8,14-15,17,20,24-25,28H,3,5,9-13,16,27H2,1H3. The Morgan fingerprint density at radius 3 is 2.68 bits per heavy atom. The number of hydrogen-bond acceptors (Lipinski definition) is 3. The molecule has 0 saturated heterocycles. The first kappa shape index (κ1) is 22.4. The van der Waals surface area contributed by atoms with Crippen LogP contribution in [-0.4, -0.2) is 26.3 Å². The van der Waals surface area contributed by atoms with Gasteiger partial charge in [0, 0.05) is 18.5 Å². The molecule has 0 aromatic heterocycles. The summed E-state index contributed by atoms with van der Waals surface area (Å²) in [6, 6.07) is 13.4. The van der Waals surface area contributed by atoms with Gasteiger partial charge in [0.1, 0.15) is 5.82 Å². The maximum Gasteiger partial charge on any atom is 0.214 e. The van der Waals surface area contributed by atoms with Crippen LogP contribution in [-0.2, 0) is 29.3 Å². The van der Waals surface area contributed by atoms with Crippen molar-refractivity contribution in [2.75, 3.05) is 6.54 Å². The van der Waals surface area contributed by atoms with Gasteiger partial charge in [-0.05, 0) is 92.2 Å². The van der Waals surface area contributed by atoms with E-state index >= 15 is 0 Å². The first-order valence-corrected chi connectivity index (χ1v) is 13.0. The summed E-state index contributed by atoms with van der Waals surface area (Å²) in [7, 11) is -3.22. The molecule has 0 amide bonds. The third-order valence-corrected chi connectivity index (χ3v) is 8.91. The lowest BCUT2D eigenvalue weighted by atomic mass is 9.76. The highest BCUT2D eigenvalue weighted by molar-refractivity contribution is 7.90. The van der Waals surface area contributed by atoms with Crippen molar-refractivity contribution < 1.29 is 12.8 Å². The number of hydrogen-bond donors (Lipinski definition) is 2. The predicted molar refractivity (Wildman–Crippen MR) is 123 cm³/mol. The van der Waals surface area contributed by atoms with Crippen molar-refractivity contribution in [2.24, 2.45) is 11.7 Å². The van der Waals surface area contributed by atoms with Crippen LogP contribution in [0.2, 0.25) is 0 Å². The van der Waals surface area contributed by atoms with Gasteiger partial charge < -0.3 is 5.73 Å². The average Bonchev–Trinajstić information content (AvgIpc) is 3.58. The van der Waals surface area contributed by atoms with Crippen molar-refractivity contribution in [3.05, 3.63) is 70.5 Å². The maximum absolute atomic E-state index is 13.7. The summed E-state index contributed by atoms with van der Waals surface area (Å²) in [6.45, 7) is 2.27. The Hall–Kier alpha value is -1.76. The quantitative estimate of drug-likeness (QED) is 0.573. The minimum absolute atomic E-state index is 0.0572. The topological polar surface area (TPSA) is 72.2 Å². The van der Waals surface area contributed by atoms with Crippen molar-refractivity contribution >= 4 is 10.0 Å². The van der Waals surface area contributed by atoms with Gasteiger partial charge in [0.2, 0.25) is 10.0 Å². The molecule has 0 radical (unpaired) electrons. The molecule has 1 fully saturated rings. The van der Waals surface area contributed by atoms with E-state index in [0.717, 1.165) is 50.5 Å². The Kier molecular flexibility index (Phi) is 6.80. The lowest BCUT2D eigenvalue weighted by Gasteiger charge is -2.32. The number of sulfonamides is 1. The fourth-order valence-electron chi connectivity index (χ4n) is 4.76. The van der Waals surface area contributed by atoms with Gasteiger partial charge in [0.15, 0.2) is 0 Å². The molecule has 0 spiro atoms. The van der Waals surface area contributed by atoms with E-state index in [-0.39, 0.29) is 23.0 Å². The zero-order chi connectivity index (χ0) is 22.0. The van der Waals surface area contributed by atoms with E-state index in [1.165, 1.54) is 22.8 Å². The normalized spacial score (nSPS) is 22.2. The van der Waals surface area contributed by atoms with Gasteiger partial charge in [0.25, 0.3) is 0 Å². The number of rotatable bonds is 9. The fraction of sp³-hybridized carbons (Fsp3) is 0.520. The Balaban J connectivity index is 1.40. The van der Waals surface area contributed by atoms with Crippen LogP contribution in [0.4, 0.5) is 4.39 Å². The number of aryl methyl sites for hydroxylation is 2. The molecule has 6 heteroatoms. The second-order valence-electron chi connectivity index (χ2n) is 9.26. The van der Waals surface area contributed by atoms with E-state index in [0.29, 0.717) is 12.5 Å². The Labute approximate surface area is 185 Å². The minimum Gasteiger partial charge on any atom is -0.327 e. The summed E-state index contributed by atoms with van der Waals surface area (Å²) >= 11 is 0. The van der Waals surface area contributed by atoms with Crippen LogP contribution in [0.15, 0.2) is 42.5 Å². The Morgan fingerprint density at radius 2 is 1.94 bits per heavy atom. The third-order valence-electron chi connectivity index (χ3n) is 6.94. The van der Waals surface area contributed by atoms with E-state index in [1.807, 2.05) is 13.0 Å². The molecular weight excluding hydrogens is 411 g/mol. The molecule has 2 aromatic carbocycles. The van der Waals surface area contributed by atoms with E-state index in [1.54, 1.807) is 12.1 Å². The molecule has 1 saturated carbocycles. The van der Waals surface area contributed by atoms with Gasteiger partial charge in [-0.1, -0.05) is 30.3 Å². The van der Waals surface area contributed by atoms with Crippen LogP contribution in [0.5, 0.6) is 0 Å². The van der Waals surface area contributed by atoms with Crippen LogP contribution in [0.3, 0.4) is 0 Å². The first-order valence-electron chi connectivity index (χ1n) is 11.4. The summed E-state index contributed by atoms with van der Waals surface area (Å²) in [5, 5.41) is -0.290. The van der Waals surface area contributed by atoms with Gasteiger partial charge in [-0.15, -0.1) is 0 Å². The molecular formula is C25H33FN2O2S. The molecule has 0 aliphatic heterocycles. The Morgan fingerprint density at radius 1 is 1.13 bits per heavy atom. The zero-order valence-corrected chi connectivity index (χ0v) is 19.0. The summed E-state index contributed by atoms with van der Waals surface area (Å²) in [5.41, 5.74) is 11.2. The van der Waals surface area contributed by atoms with Crippen molar-refractivity contribution in [1.29, 1.82) is 0 Å². The molecule has 3 N–H and O–H groups in total. The summed E-state index contributed by atoms with van der Waals surface area (Å²) < 4.78 is 41.1. The highest BCUT2D eigenvalue weighted by Gasteiger charge is 2.36. The van der Waals surface area contributed by atoms with Crippen LogP contribution >= 0.6 is 0 Å². The molecule has 0 heterocycles. The van der Waals surface area contributed by atoms with Crippen molar-refractivity contribution in [3.8, 4) is 0 Å². The largest absolute Gasteiger partial charge is 0.327 e. The van der Waals surface area contributed by atoms with E-state index in [2.05, 4.69) is 22.9 Å². The summed E-state index contributed by atoms with van der Waals surface area (Å²) in [5.74, 6) is 0.287. The van der Waals surface area contributed by atoms with Crippen molar-refractivity contribution in [3.63, 3.8) is 0 Å². The van der Waals surface area contributed by atoms with E-state index in [9.17, 15) is 12.8 Å². The Bertz CT molecular complexity index is 1020. The second kappa shape index (κ2) is 9.39. The van der Waals surface area contributed by atoms with Crippen LogP contribution in [0, 0.1) is 11.7 Å². The molecule has 4 nitrogen and oxygen atoms in total. The molecule has 168 valence electrons. The number of halogens is 1. The van der Waals surface area contributed by atoms with E-state index in [4.69, 9.17) is 5.73 Å². The third kappa shape index (κ3) is 5.54. The van der Waals surface area contributed by atoms with Crippen LogP contribution in [0.1, 0.15) is 60.8 Å². The molecule has 2 aromatic rings. The summed E-state index contributed by atoms with van der Waals surface area (Å²) in [6.07, 6.45) is 6.26. The molecule has 3 atom stereocenters. The fourth-order valence-corrected chi connectivity index (χ4v) is 6.23. The molecule has 2 aliphatic rings. The molecule has 4 rings (SSSR count). The molecule has 3 unspecified atom stereocenters. The maximum atomic E-state index is 13.7. The zero-order valence-electron chi connectivity index (χ0n) is 18.2. The van der Waals surface area contributed by atoms with Crippen molar-refractivity contribution in [1.82, 2.24) is 4.72 Å². The predicted octanol–water partition coefficient (Wildman–Crippen LogP) is 4.08. The van der Waals surface area contributed by atoms with Gasteiger partial charge in [-0.3, -0.25) is 0 Å². The molecule has 0 bridgehead atoms. The van der Waals surface area contributed by atoms with Crippen molar-refractivity contribution in [2.45, 2.75) is 69.1 Å². The number of benzene rings is 2. The van der Waals surface area contributed by atoms with Gasteiger partial charge in [-0.25, -0.2) is 17.5 Å². The highest BCUT2D eigenvalue weighted by Crippen LogP contribution is 2.36. The van der Waals surface area contributed by atoms with Gasteiger partial charge >= 0.3 is 0 Å². The van der Waals surface area contributed by atoms with Gasteiger partial charge in [0.05, 0.1) is 5.25 Å². The highest BCUT2D eigenvalue weighted by atomic mass is 32.2. The second-order valence-corrected chi connectivity index (χ2v) is 11.4. The average molecular weight is 445 g/mol. The lowest BCUT2D eigenvalue weighted by molar-refractivity contribution is 0.466. The van der Waals surface area contributed by atoms with Crippen LogP contribution in [0.25, 0.3) is 0 Å². The number of nitrogens with two attached hydrogens (primary N) is 1. The minimum atomic E-state index is -3.22. The number of fused-ring (bicyclic) bond motifs is 1. The number of nitrogens with one attached hydrogen (secondary N) is 1. The van der Waals surface area contributed by atoms with Gasteiger partial charge in [-0.2, -0.15) is 0 Å². The lowest BCUT2D eigenvalue weighted by Crippen LogP contribution is -2.35. The monoisotopic (exact) mass is 444 g/mol. The first-order chi connectivity index (χ1) is 14.8. The smallest absolute Gasteiger partial charge is 0.214 e. The van der Waals surface area contributed by atoms with Crippen LogP contribution < -0.4 is 10.5 Å².